The van der Waals surface area contributed by atoms with Gasteiger partial charge in [-0.2, -0.15) is 0 Å². The highest BCUT2D eigenvalue weighted by Gasteiger charge is 2.44. The van der Waals surface area contributed by atoms with Gasteiger partial charge in [0.2, 0.25) is 5.91 Å². The van der Waals surface area contributed by atoms with Crippen LogP contribution in [0.2, 0.25) is 0 Å². The van der Waals surface area contributed by atoms with Crippen LogP contribution in [0.5, 0.6) is 0 Å². The van der Waals surface area contributed by atoms with Crippen LogP contribution in [-0.4, -0.2) is 110 Å². The van der Waals surface area contributed by atoms with Gasteiger partial charge in [-0.05, 0) is 45.4 Å². The second kappa shape index (κ2) is 40.1. The Kier molecular flexibility index (Phi) is 37.9. The number of carbonyl (C=O) groups excluding carboxylic acids is 1. The molecular weight excluding hydrogens is 775 g/mol. The van der Waals surface area contributed by atoms with E-state index in [9.17, 15) is 40.5 Å². The molecule has 1 aliphatic heterocycles. The molecule has 1 rings (SSSR count). The highest BCUT2D eigenvalue weighted by molar-refractivity contribution is 5.80. The van der Waals surface area contributed by atoms with Crippen LogP contribution in [0.3, 0.4) is 0 Å². The minimum absolute atomic E-state index is 0.245. The Balaban J connectivity index is 2.24. The molecule has 8 N–H and O–H groups in total. The Morgan fingerprint density at radius 1 is 0.590 bits per heavy atom. The number of aliphatic hydroxyl groups is 7. The fourth-order valence-electron chi connectivity index (χ4n) is 8.17. The molecule has 0 aromatic carbocycles. The quantitative estimate of drug-likeness (QED) is 0.0217. The van der Waals surface area contributed by atoms with Gasteiger partial charge in [0.05, 0.1) is 25.4 Å². The average Bonchev–Trinajstić information content (AvgIpc) is 3.26. The van der Waals surface area contributed by atoms with Crippen LogP contribution in [-0.2, 0) is 14.3 Å². The molecule has 0 spiro atoms. The smallest absolute Gasteiger partial charge is 0.249 e. The predicted molar refractivity (Wildman–Crippen MR) is 247 cm³/mol. The molecule has 1 saturated heterocycles. The summed E-state index contributed by atoms with van der Waals surface area (Å²) in [6, 6.07) is -1.19. The lowest BCUT2D eigenvalue weighted by atomic mass is 9.98. The monoisotopic (exact) mass is 870 g/mol. The molecule has 1 heterocycles. The number of rotatable bonds is 42. The van der Waals surface area contributed by atoms with E-state index in [2.05, 4.69) is 24.4 Å². The molecule has 0 saturated carbocycles. The third-order valence-electron chi connectivity index (χ3n) is 12.3. The van der Waals surface area contributed by atoms with Gasteiger partial charge >= 0.3 is 0 Å². The minimum Gasteiger partial charge on any atom is -0.394 e. The topological polar surface area (TPSA) is 189 Å². The van der Waals surface area contributed by atoms with E-state index in [4.69, 9.17) is 9.47 Å². The summed E-state index contributed by atoms with van der Waals surface area (Å²) in [5.74, 6) is -0.711. The van der Waals surface area contributed by atoms with Crippen molar-refractivity contribution in [3.05, 3.63) is 24.3 Å². The first-order valence-electron chi connectivity index (χ1n) is 25.2. The largest absolute Gasteiger partial charge is 0.394 e. The molecule has 9 atom stereocenters. The van der Waals surface area contributed by atoms with E-state index in [0.717, 1.165) is 32.1 Å². The molecule has 11 heteroatoms. The lowest BCUT2D eigenvalue weighted by molar-refractivity contribution is -0.303. The van der Waals surface area contributed by atoms with Gasteiger partial charge in [0, 0.05) is 0 Å². The number of nitrogens with one attached hydrogen (secondary N) is 1. The van der Waals surface area contributed by atoms with Gasteiger partial charge < -0.3 is 50.5 Å². The van der Waals surface area contributed by atoms with Gasteiger partial charge in [-0.15, -0.1) is 0 Å². The second-order valence-electron chi connectivity index (χ2n) is 17.9. The number of allylic oxidation sites excluding steroid dienone is 4. The van der Waals surface area contributed by atoms with Gasteiger partial charge in [-0.1, -0.05) is 198 Å². The van der Waals surface area contributed by atoms with E-state index in [1.54, 1.807) is 0 Å². The second-order valence-corrected chi connectivity index (χ2v) is 17.9. The Labute approximate surface area is 372 Å². The molecule has 9 unspecified atom stereocenters. The Morgan fingerprint density at radius 2 is 1.03 bits per heavy atom. The predicted octanol–water partition coefficient (Wildman–Crippen LogP) is 9.01. The van der Waals surface area contributed by atoms with Crippen molar-refractivity contribution in [2.75, 3.05) is 13.2 Å². The van der Waals surface area contributed by atoms with Gasteiger partial charge in [0.15, 0.2) is 6.29 Å². The Hall–Kier alpha value is -1.41. The summed E-state index contributed by atoms with van der Waals surface area (Å²) in [4.78, 5) is 13.1. The molecule has 0 bridgehead atoms. The van der Waals surface area contributed by atoms with Crippen molar-refractivity contribution >= 4 is 5.91 Å². The summed E-state index contributed by atoms with van der Waals surface area (Å²) in [5, 5.41) is 75.4. The van der Waals surface area contributed by atoms with Crippen LogP contribution < -0.4 is 5.32 Å². The normalized spacial score (nSPS) is 21.6. The van der Waals surface area contributed by atoms with Crippen molar-refractivity contribution in [3.8, 4) is 0 Å². The highest BCUT2D eigenvalue weighted by Crippen LogP contribution is 2.23. The third kappa shape index (κ3) is 29.6. The number of hydrogen-bond donors (Lipinski definition) is 8. The van der Waals surface area contributed by atoms with E-state index < -0.39 is 74.2 Å². The summed E-state index contributed by atoms with van der Waals surface area (Å²) in [6.45, 7) is 3.18. The summed E-state index contributed by atoms with van der Waals surface area (Å²) in [6.07, 6.45) is 34.4. The summed E-state index contributed by atoms with van der Waals surface area (Å²) >= 11 is 0. The lowest BCUT2D eigenvalue weighted by Crippen LogP contribution is -2.60. The first-order chi connectivity index (χ1) is 29.7. The molecule has 0 aliphatic carbocycles. The van der Waals surface area contributed by atoms with Crippen molar-refractivity contribution in [2.24, 2.45) is 0 Å². The van der Waals surface area contributed by atoms with Crippen molar-refractivity contribution in [1.82, 2.24) is 5.32 Å². The van der Waals surface area contributed by atoms with E-state index in [1.807, 2.05) is 19.1 Å². The maximum absolute atomic E-state index is 13.1. The van der Waals surface area contributed by atoms with Crippen molar-refractivity contribution in [1.29, 1.82) is 0 Å². The number of unbranched alkanes of at least 4 members (excludes halogenated alkanes) is 27. The summed E-state index contributed by atoms with van der Waals surface area (Å²) in [5.41, 5.74) is 0. The van der Waals surface area contributed by atoms with Crippen LogP contribution in [0.1, 0.15) is 219 Å². The molecule has 0 aromatic rings. The average molecular weight is 870 g/mol. The molecule has 11 nitrogen and oxygen atoms in total. The molecule has 1 fully saturated rings. The number of ether oxygens (including phenoxy) is 2. The van der Waals surface area contributed by atoms with E-state index in [1.165, 1.54) is 141 Å². The SMILES string of the molecule is C/C=C/CC/C=C/CCCC(O)C(O)C(COC1OC(CO)C(O)C(O)C1O)NC(=O)C(O)CCCCCCCCCCCCCCCCCCCCCCCCCCCC. The fraction of sp³-hybridized carbons (Fsp3) is 0.900. The molecular formula is C50H95NO10. The number of hydrogen-bond acceptors (Lipinski definition) is 10. The zero-order valence-corrected chi connectivity index (χ0v) is 38.9. The van der Waals surface area contributed by atoms with Crippen LogP contribution >= 0.6 is 0 Å². The van der Waals surface area contributed by atoms with Gasteiger partial charge in [0.1, 0.15) is 36.6 Å². The molecule has 1 amide bonds. The van der Waals surface area contributed by atoms with Gasteiger partial charge in [-0.3, -0.25) is 4.79 Å². The van der Waals surface area contributed by atoms with Crippen molar-refractivity contribution in [3.63, 3.8) is 0 Å². The van der Waals surface area contributed by atoms with Crippen LogP contribution in [0, 0.1) is 0 Å². The van der Waals surface area contributed by atoms with E-state index in [0.29, 0.717) is 19.3 Å². The van der Waals surface area contributed by atoms with Crippen molar-refractivity contribution < 1.29 is 50.0 Å². The number of carbonyl (C=O) groups is 1. The molecule has 1 aliphatic rings. The van der Waals surface area contributed by atoms with Crippen LogP contribution in [0.25, 0.3) is 0 Å². The van der Waals surface area contributed by atoms with Gasteiger partial charge in [0.25, 0.3) is 0 Å². The number of amides is 1. The highest BCUT2D eigenvalue weighted by atomic mass is 16.7. The first kappa shape index (κ1) is 57.6. The molecule has 0 aromatic heterocycles. The van der Waals surface area contributed by atoms with Crippen molar-refractivity contribution in [2.45, 2.75) is 274 Å². The van der Waals surface area contributed by atoms with E-state index in [-0.39, 0.29) is 12.8 Å². The zero-order valence-electron chi connectivity index (χ0n) is 38.9. The standard InChI is InChI=1S/C50H95NO10/c1-3-5-7-9-11-13-14-15-16-17-18-19-20-21-22-23-24-25-26-27-28-29-30-32-34-36-38-43(54)49(59)51-41(40-60-50-48(58)47(57)46(56)44(39-52)61-50)45(55)42(53)37-35-33-31-12-10-8-6-4-2/h4,6,12,31,41-48,50,52-58H,3,5,7-11,13-30,32-40H2,1-2H3,(H,51,59)/b6-4+,31-12+. The zero-order chi connectivity index (χ0) is 44.8. The van der Waals surface area contributed by atoms with E-state index >= 15 is 0 Å². The fourth-order valence-corrected chi connectivity index (χ4v) is 8.17. The third-order valence-corrected chi connectivity index (χ3v) is 12.3. The van der Waals surface area contributed by atoms with Crippen LogP contribution in [0.4, 0.5) is 0 Å². The first-order valence-corrected chi connectivity index (χ1v) is 25.2. The molecule has 360 valence electrons. The summed E-state index contributed by atoms with van der Waals surface area (Å²) in [7, 11) is 0. The maximum Gasteiger partial charge on any atom is 0.249 e. The molecule has 61 heavy (non-hydrogen) atoms. The maximum atomic E-state index is 13.1. The minimum atomic E-state index is -1.67. The van der Waals surface area contributed by atoms with Gasteiger partial charge in [-0.25, -0.2) is 0 Å². The van der Waals surface area contributed by atoms with Crippen LogP contribution in [0.15, 0.2) is 24.3 Å². The Bertz CT molecular complexity index is 1040. The summed E-state index contributed by atoms with van der Waals surface area (Å²) < 4.78 is 11.0. The Morgan fingerprint density at radius 3 is 1.49 bits per heavy atom. The molecule has 0 radical (unpaired) electrons. The number of aliphatic hydroxyl groups excluding tert-OH is 7. The lowest BCUT2D eigenvalue weighted by Gasteiger charge is -2.40.